The monoisotopic (exact) mass is 404 g/mol. The minimum absolute atomic E-state index is 0.0156. The van der Waals surface area contributed by atoms with E-state index in [-0.39, 0.29) is 36.6 Å². The summed E-state index contributed by atoms with van der Waals surface area (Å²) in [5.41, 5.74) is 0.542. The number of fused-ring (bicyclic) bond motifs is 5. The van der Waals surface area contributed by atoms with Crippen molar-refractivity contribution in [3.05, 3.63) is 29.3 Å². The molecule has 3 fully saturated rings. The van der Waals surface area contributed by atoms with Crippen LogP contribution in [0.4, 0.5) is 5.69 Å². The van der Waals surface area contributed by atoms with Crippen LogP contribution < -0.4 is 5.32 Å². The van der Waals surface area contributed by atoms with Crippen LogP contribution in [0.5, 0.6) is 0 Å². The van der Waals surface area contributed by atoms with Crippen LogP contribution in [-0.2, 0) is 23.9 Å². The topological polar surface area (TPSA) is 92.8 Å². The Morgan fingerprint density at radius 3 is 2.29 bits per heavy atom. The summed E-state index contributed by atoms with van der Waals surface area (Å²) >= 11 is 5.78. The molecule has 148 valence electrons. The second-order valence-electron chi connectivity index (χ2n) is 7.68. The quantitative estimate of drug-likeness (QED) is 0.579. The predicted molar refractivity (Wildman–Crippen MR) is 100 cm³/mol. The number of imide groups is 1. The number of nitrogens with one attached hydrogen (secondary N) is 1. The lowest BCUT2D eigenvalue weighted by molar-refractivity contribution is -0.149. The first-order valence-corrected chi connectivity index (χ1v) is 9.88. The molecule has 0 aromatic heterocycles. The Hall–Kier alpha value is -2.41. The van der Waals surface area contributed by atoms with Gasteiger partial charge in [0, 0.05) is 17.3 Å². The van der Waals surface area contributed by atoms with Gasteiger partial charge in [0.15, 0.2) is 6.61 Å². The molecule has 1 saturated heterocycles. The van der Waals surface area contributed by atoms with Gasteiger partial charge in [-0.15, -0.1) is 0 Å². The molecule has 0 spiro atoms. The molecule has 3 aliphatic rings. The predicted octanol–water partition coefficient (Wildman–Crippen LogP) is 2.24. The maximum atomic E-state index is 12.6. The number of likely N-dealkylation sites (tertiary alicyclic amines) is 1. The van der Waals surface area contributed by atoms with Crippen LogP contribution in [0.15, 0.2) is 24.3 Å². The number of rotatable bonds is 6. The number of halogens is 1. The molecule has 2 saturated carbocycles. The second-order valence-corrected chi connectivity index (χ2v) is 8.12. The van der Waals surface area contributed by atoms with Gasteiger partial charge in [-0.1, -0.05) is 11.6 Å². The van der Waals surface area contributed by atoms with E-state index in [1.165, 1.54) is 4.90 Å². The first-order valence-electron chi connectivity index (χ1n) is 9.50. The van der Waals surface area contributed by atoms with E-state index in [1.807, 2.05) is 0 Å². The molecular weight excluding hydrogens is 384 g/mol. The third-order valence-electron chi connectivity index (χ3n) is 6.05. The van der Waals surface area contributed by atoms with Gasteiger partial charge in [-0.25, -0.2) is 0 Å². The van der Waals surface area contributed by atoms with E-state index in [2.05, 4.69) is 5.32 Å². The molecule has 2 bridgehead atoms. The van der Waals surface area contributed by atoms with E-state index < -0.39 is 18.5 Å². The summed E-state index contributed by atoms with van der Waals surface area (Å²) in [5, 5.41) is 3.13. The largest absolute Gasteiger partial charge is 0.456 e. The maximum absolute atomic E-state index is 12.6. The minimum Gasteiger partial charge on any atom is -0.456 e. The van der Waals surface area contributed by atoms with Gasteiger partial charge in [0.2, 0.25) is 11.8 Å². The number of esters is 1. The summed E-state index contributed by atoms with van der Waals surface area (Å²) < 4.78 is 4.95. The van der Waals surface area contributed by atoms with E-state index in [4.69, 9.17) is 16.3 Å². The number of nitrogens with zero attached hydrogens (tertiary/aromatic N) is 1. The standard InChI is InChI=1S/C20H21ClN2O5/c21-13-3-5-14(6-4-13)22-15(24)10-28-16(25)7-8-23-19(26)17-11-1-2-12(9-11)18(17)20(23)27/h3-6,11-12,17-18H,1-2,7-10H2,(H,22,24)/t11-,12-,17+,18+/m1/s1. The number of ether oxygens (including phenoxy) is 1. The van der Waals surface area contributed by atoms with E-state index in [9.17, 15) is 19.2 Å². The highest BCUT2D eigenvalue weighted by Crippen LogP contribution is 2.56. The lowest BCUT2D eigenvalue weighted by atomic mass is 9.81. The van der Waals surface area contributed by atoms with Crippen molar-refractivity contribution in [2.24, 2.45) is 23.7 Å². The zero-order chi connectivity index (χ0) is 19.8. The molecule has 0 unspecified atom stereocenters. The van der Waals surface area contributed by atoms with Gasteiger partial charge < -0.3 is 10.1 Å². The summed E-state index contributed by atoms with van der Waals surface area (Å²) in [6, 6.07) is 6.54. The molecule has 1 aromatic rings. The molecular formula is C20H21ClN2O5. The number of benzene rings is 1. The van der Waals surface area contributed by atoms with Crippen LogP contribution in [-0.4, -0.2) is 41.7 Å². The number of amides is 3. The van der Waals surface area contributed by atoms with Crippen molar-refractivity contribution in [3.8, 4) is 0 Å². The molecule has 1 N–H and O–H groups in total. The SMILES string of the molecule is O=C(COC(=O)CCN1C(=O)[C@H]2[C@@H]3CC[C@H](C3)[C@@H]2C1=O)Nc1ccc(Cl)cc1. The number of carbonyl (C=O) groups excluding carboxylic acids is 4. The van der Waals surface area contributed by atoms with Gasteiger partial charge in [-0.05, 0) is 55.4 Å². The Kier molecular flexibility index (Phi) is 5.10. The third kappa shape index (κ3) is 3.51. The molecule has 0 radical (unpaired) electrons. The fraction of sp³-hybridized carbons (Fsp3) is 0.500. The minimum atomic E-state index is -0.619. The first-order chi connectivity index (χ1) is 13.4. The van der Waals surface area contributed by atoms with Gasteiger partial charge in [-0.3, -0.25) is 24.1 Å². The van der Waals surface area contributed by atoms with Crippen molar-refractivity contribution in [2.75, 3.05) is 18.5 Å². The van der Waals surface area contributed by atoms with Gasteiger partial charge in [0.05, 0.1) is 18.3 Å². The van der Waals surface area contributed by atoms with Crippen molar-refractivity contribution in [1.82, 2.24) is 4.90 Å². The van der Waals surface area contributed by atoms with Crippen molar-refractivity contribution in [1.29, 1.82) is 0 Å². The van der Waals surface area contributed by atoms with Gasteiger partial charge in [-0.2, -0.15) is 0 Å². The summed E-state index contributed by atoms with van der Waals surface area (Å²) in [7, 11) is 0. The van der Waals surface area contributed by atoms with Crippen LogP contribution in [0.2, 0.25) is 5.02 Å². The van der Waals surface area contributed by atoms with Gasteiger partial charge >= 0.3 is 5.97 Å². The molecule has 3 amide bonds. The fourth-order valence-corrected chi connectivity index (χ4v) is 4.97. The maximum Gasteiger partial charge on any atom is 0.308 e. The molecule has 7 nitrogen and oxygen atoms in total. The molecule has 1 aliphatic heterocycles. The van der Waals surface area contributed by atoms with Gasteiger partial charge in [0.25, 0.3) is 5.91 Å². The smallest absolute Gasteiger partial charge is 0.308 e. The van der Waals surface area contributed by atoms with Crippen LogP contribution in [0, 0.1) is 23.7 Å². The Morgan fingerprint density at radius 1 is 1.07 bits per heavy atom. The van der Waals surface area contributed by atoms with E-state index >= 15 is 0 Å². The van der Waals surface area contributed by atoms with Crippen LogP contribution in [0.3, 0.4) is 0 Å². The van der Waals surface area contributed by atoms with E-state index in [0.717, 1.165) is 19.3 Å². The van der Waals surface area contributed by atoms with Crippen molar-refractivity contribution in [2.45, 2.75) is 25.7 Å². The Bertz CT molecular complexity index is 796. The zero-order valence-corrected chi connectivity index (χ0v) is 16.0. The number of hydrogen-bond donors (Lipinski definition) is 1. The molecule has 4 rings (SSSR count). The lowest BCUT2D eigenvalue weighted by Gasteiger charge is -2.19. The van der Waals surface area contributed by atoms with Crippen molar-refractivity contribution in [3.63, 3.8) is 0 Å². The fourth-order valence-electron chi connectivity index (χ4n) is 4.84. The van der Waals surface area contributed by atoms with E-state index in [1.54, 1.807) is 24.3 Å². The highest BCUT2D eigenvalue weighted by molar-refractivity contribution is 6.30. The zero-order valence-electron chi connectivity index (χ0n) is 15.2. The molecule has 28 heavy (non-hydrogen) atoms. The Balaban J connectivity index is 1.22. The molecule has 1 aromatic carbocycles. The average Bonchev–Trinajstić information content (AvgIpc) is 3.35. The number of carbonyl (C=O) groups is 4. The molecule has 8 heteroatoms. The summed E-state index contributed by atoms with van der Waals surface area (Å²) in [6.07, 6.45) is 2.90. The van der Waals surface area contributed by atoms with E-state index in [0.29, 0.717) is 22.5 Å². The van der Waals surface area contributed by atoms with Gasteiger partial charge in [0.1, 0.15) is 0 Å². The Labute approximate surface area is 167 Å². The summed E-state index contributed by atoms with van der Waals surface area (Å²) in [4.78, 5) is 50.1. The lowest BCUT2D eigenvalue weighted by Crippen LogP contribution is -2.35. The second kappa shape index (κ2) is 7.54. The normalized spacial score (nSPS) is 27.8. The highest BCUT2D eigenvalue weighted by atomic mass is 35.5. The van der Waals surface area contributed by atoms with Crippen molar-refractivity contribution >= 4 is 41.0 Å². The number of hydrogen-bond acceptors (Lipinski definition) is 5. The van der Waals surface area contributed by atoms with Crippen LogP contribution in [0.25, 0.3) is 0 Å². The van der Waals surface area contributed by atoms with Crippen LogP contribution in [0.1, 0.15) is 25.7 Å². The van der Waals surface area contributed by atoms with Crippen LogP contribution >= 0.6 is 11.6 Å². The average molecular weight is 405 g/mol. The molecule has 4 atom stereocenters. The summed E-state index contributed by atoms with van der Waals surface area (Å²) in [6.45, 7) is -0.416. The third-order valence-corrected chi connectivity index (χ3v) is 6.30. The summed E-state index contributed by atoms with van der Waals surface area (Å²) in [5.74, 6) is -1.12. The number of anilines is 1. The molecule has 2 aliphatic carbocycles. The highest BCUT2D eigenvalue weighted by Gasteiger charge is 2.60. The van der Waals surface area contributed by atoms with Crippen molar-refractivity contribution < 1.29 is 23.9 Å². The molecule has 1 heterocycles. The first kappa shape index (κ1) is 18.9. The Morgan fingerprint density at radius 2 is 1.68 bits per heavy atom.